The summed E-state index contributed by atoms with van der Waals surface area (Å²) in [5.74, 6) is -0.0339. The second-order valence-corrected chi connectivity index (χ2v) is 9.47. The van der Waals surface area contributed by atoms with Gasteiger partial charge in [0.15, 0.2) is 5.16 Å². The Labute approximate surface area is 194 Å². The summed E-state index contributed by atoms with van der Waals surface area (Å²) in [7, 11) is 1.28. The van der Waals surface area contributed by atoms with E-state index in [0.29, 0.717) is 21.3 Å². The van der Waals surface area contributed by atoms with Gasteiger partial charge in [0.25, 0.3) is 0 Å². The first kappa shape index (κ1) is 23.9. The zero-order chi connectivity index (χ0) is 23.4. The van der Waals surface area contributed by atoms with Gasteiger partial charge in [0.1, 0.15) is 22.2 Å². The molecule has 0 aliphatic rings. The number of anilines is 1. The van der Waals surface area contributed by atoms with Crippen molar-refractivity contribution in [2.24, 2.45) is 0 Å². The van der Waals surface area contributed by atoms with Crippen LogP contribution in [-0.4, -0.2) is 39.5 Å². The van der Waals surface area contributed by atoms with Gasteiger partial charge in [-0.2, -0.15) is 0 Å². The maximum absolute atomic E-state index is 13.3. The molecular weight excluding hydrogens is 451 g/mol. The van der Waals surface area contributed by atoms with Gasteiger partial charge in [0.2, 0.25) is 5.91 Å². The number of hydrogen-bond acceptors (Lipinski definition) is 7. The Morgan fingerprint density at radius 1 is 1.19 bits per heavy atom. The van der Waals surface area contributed by atoms with Crippen molar-refractivity contribution < 1.29 is 18.7 Å². The Morgan fingerprint density at radius 2 is 1.88 bits per heavy atom. The smallest absolute Gasteiger partial charge is 0.341 e. The van der Waals surface area contributed by atoms with E-state index in [-0.39, 0.29) is 35.0 Å². The largest absolute Gasteiger partial charge is 0.465 e. The number of thiophene rings is 1. The minimum Gasteiger partial charge on any atom is -0.465 e. The molecule has 0 saturated carbocycles. The van der Waals surface area contributed by atoms with Crippen LogP contribution in [0.15, 0.2) is 34.8 Å². The molecule has 0 saturated heterocycles. The summed E-state index contributed by atoms with van der Waals surface area (Å²) in [4.78, 5) is 25.1. The number of methoxy groups -OCH3 is 1. The van der Waals surface area contributed by atoms with Gasteiger partial charge < -0.3 is 14.6 Å². The summed E-state index contributed by atoms with van der Waals surface area (Å²) >= 11 is 2.51. The first-order chi connectivity index (χ1) is 15.2. The first-order valence-corrected chi connectivity index (χ1v) is 11.9. The molecule has 32 heavy (non-hydrogen) atoms. The number of amides is 1. The molecule has 2 aromatic heterocycles. The lowest BCUT2D eigenvalue weighted by Gasteiger charge is -2.15. The average molecular weight is 477 g/mol. The van der Waals surface area contributed by atoms with Crippen molar-refractivity contribution in [3.63, 3.8) is 0 Å². The highest BCUT2D eigenvalue weighted by molar-refractivity contribution is 7.99. The van der Waals surface area contributed by atoms with E-state index in [2.05, 4.69) is 15.5 Å². The van der Waals surface area contributed by atoms with Crippen LogP contribution in [0.3, 0.4) is 0 Å². The van der Waals surface area contributed by atoms with Crippen molar-refractivity contribution in [3.05, 3.63) is 46.9 Å². The molecule has 7 nitrogen and oxygen atoms in total. The van der Waals surface area contributed by atoms with Gasteiger partial charge >= 0.3 is 5.97 Å². The molecule has 3 rings (SSSR count). The lowest BCUT2D eigenvalue weighted by Crippen LogP contribution is -2.17. The fourth-order valence-electron chi connectivity index (χ4n) is 3.16. The molecule has 0 aliphatic carbocycles. The Kier molecular flexibility index (Phi) is 7.68. The third-order valence-corrected chi connectivity index (χ3v) is 6.48. The van der Waals surface area contributed by atoms with Crippen molar-refractivity contribution in [2.45, 2.75) is 44.8 Å². The van der Waals surface area contributed by atoms with Crippen LogP contribution in [0, 0.1) is 5.82 Å². The van der Waals surface area contributed by atoms with Gasteiger partial charge in [0, 0.05) is 22.9 Å². The molecule has 1 aromatic carbocycles. The lowest BCUT2D eigenvalue weighted by atomic mass is 10.0. The van der Waals surface area contributed by atoms with Crippen LogP contribution in [0.5, 0.6) is 0 Å². The third-order valence-electron chi connectivity index (χ3n) is 4.64. The summed E-state index contributed by atoms with van der Waals surface area (Å²) < 4.78 is 20.2. The maximum atomic E-state index is 13.3. The average Bonchev–Trinajstić information content (AvgIpc) is 3.37. The second-order valence-electron chi connectivity index (χ2n) is 7.65. The zero-order valence-corrected chi connectivity index (χ0v) is 20.1. The standard InChI is InChI=1S/C22H25FN4O3S2/c1-12(2)19-25-26-22(27(19)13(3)4)32-11-17(28)24-20-18(21(29)30-5)16(10-31-20)14-6-8-15(23)9-7-14/h6-10,12-13H,11H2,1-5H3,(H,24,28). The molecule has 170 valence electrons. The van der Waals surface area contributed by atoms with Crippen LogP contribution in [-0.2, 0) is 9.53 Å². The molecule has 1 N–H and O–H groups in total. The number of nitrogens with zero attached hydrogens (tertiary/aromatic N) is 3. The van der Waals surface area contributed by atoms with Crippen LogP contribution in [0.4, 0.5) is 9.39 Å². The lowest BCUT2D eigenvalue weighted by molar-refractivity contribution is -0.113. The van der Waals surface area contributed by atoms with Gasteiger partial charge in [-0.25, -0.2) is 9.18 Å². The summed E-state index contributed by atoms with van der Waals surface area (Å²) in [6.07, 6.45) is 0. The third kappa shape index (κ3) is 5.18. The normalized spacial score (nSPS) is 11.2. The Balaban J connectivity index is 1.78. The fraction of sp³-hybridized carbons (Fsp3) is 0.364. The van der Waals surface area contributed by atoms with E-state index in [4.69, 9.17) is 4.74 Å². The van der Waals surface area contributed by atoms with Crippen LogP contribution in [0.25, 0.3) is 11.1 Å². The molecule has 0 radical (unpaired) electrons. The number of aromatic nitrogens is 3. The highest BCUT2D eigenvalue weighted by Gasteiger charge is 2.23. The van der Waals surface area contributed by atoms with Gasteiger partial charge in [-0.15, -0.1) is 21.5 Å². The van der Waals surface area contributed by atoms with Crippen LogP contribution in [0.2, 0.25) is 0 Å². The predicted molar refractivity (Wildman–Crippen MR) is 125 cm³/mol. The van der Waals surface area contributed by atoms with Gasteiger partial charge in [-0.3, -0.25) is 4.79 Å². The molecule has 2 heterocycles. The number of rotatable bonds is 8. The molecule has 0 bridgehead atoms. The minimum atomic E-state index is -0.574. The van der Waals surface area contributed by atoms with Crippen molar-refractivity contribution in [3.8, 4) is 11.1 Å². The molecule has 1 amide bonds. The number of esters is 1. The summed E-state index contributed by atoms with van der Waals surface area (Å²) in [6, 6.07) is 5.96. The van der Waals surface area contributed by atoms with Gasteiger partial charge in [-0.1, -0.05) is 37.7 Å². The fourth-order valence-corrected chi connectivity index (χ4v) is 5.00. The van der Waals surface area contributed by atoms with Crippen molar-refractivity contribution in [2.75, 3.05) is 18.2 Å². The van der Waals surface area contributed by atoms with Gasteiger partial charge in [-0.05, 0) is 31.5 Å². The quantitative estimate of drug-likeness (QED) is 0.348. The molecule has 3 aromatic rings. The summed E-state index contributed by atoms with van der Waals surface area (Å²) in [5, 5.41) is 14.1. The van der Waals surface area contributed by atoms with Crippen molar-refractivity contribution in [1.29, 1.82) is 0 Å². The van der Waals surface area contributed by atoms with Crippen LogP contribution < -0.4 is 5.32 Å². The van der Waals surface area contributed by atoms with E-state index in [1.807, 2.05) is 32.3 Å². The molecule has 0 atom stereocenters. The molecule has 0 fully saturated rings. The Bertz CT molecular complexity index is 1110. The maximum Gasteiger partial charge on any atom is 0.341 e. The predicted octanol–water partition coefficient (Wildman–Crippen LogP) is 5.37. The molecule has 0 unspecified atom stereocenters. The minimum absolute atomic E-state index is 0.105. The SMILES string of the molecule is COC(=O)c1c(-c2ccc(F)cc2)csc1NC(=O)CSc1nnc(C(C)C)n1C(C)C. The number of carbonyl (C=O) groups excluding carboxylic acids is 2. The topological polar surface area (TPSA) is 86.1 Å². The van der Waals surface area contributed by atoms with E-state index >= 15 is 0 Å². The monoisotopic (exact) mass is 476 g/mol. The van der Waals surface area contributed by atoms with E-state index in [0.717, 1.165) is 5.82 Å². The number of nitrogens with one attached hydrogen (secondary N) is 1. The number of hydrogen-bond donors (Lipinski definition) is 1. The molecule has 0 aliphatic heterocycles. The molecule has 0 spiro atoms. The van der Waals surface area contributed by atoms with Crippen LogP contribution in [0.1, 0.15) is 55.8 Å². The van der Waals surface area contributed by atoms with Crippen LogP contribution >= 0.6 is 23.1 Å². The molecule has 10 heteroatoms. The highest BCUT2D eigenvalue weighted by atomic mass is 32.2. The first-order valence-electron chi connectivity index (χ1n) is 10.1. The Hall–Kier alpha value is -2.72. The summed E-state index contributed by atoms with van der Waals surface area (Å²) in [6.45, 7) is 8.19. The number of thioether (sulfide) groups is 1. The zero-order valence-electron chi connectivity index (χ0n) is 18.5. The van der Waals surface area contributed by atoms with Gasteiger partial charge in [0.05, 0.1) is 12.9 Å². The number of carbonyl (C=O) groups is 2. The van der Waals surface area contributed by atoms with Crippen molar-refractivity contribution >= 4 is 40.0 Å². The van der Waals surface area contributed by atoms with E-state index < -0.39 is 5.97 Å². The summed E-state index contributed by atoms with van der Waals surface area (Å²) in [5.41, 5.74) is 1.48. The number of benzene rings is 1. The van der Waals surface area contributed by atoms with E-state index in [9.17, 15) is 14.0 Å². The Morgan fingerprint density at radius 3 is 2.47 bits per heavy atom. The second kappa shape index (κ2) is 10.3. The van der Waals surface area contributed by atoms with E-state index in [1.165, 1.54) is 42.3 Å². The number of ether oxygens (including phenoxy) is 1. The van der Waals surface area contributed by atoms with E-state index in [1.54, 1.807) is 17.5 Å². The highest BCUT2D eigenvalue weighted by Crippen LogP contribution is 2.36. The number of halogens is 1. The molecular formula is C22H25FN4O3S2. The van der Waals surface area contributed by atoms with Crippen molar-refractivity contribution in [1.82, 2.24) is 14.8 Å².